The second-order valence-electron chi connectivity index (χ2n) is 4.13. The van der Waals surface area contributed by atoms with E-state index >= 15 is 0 Å². The number of rotatable bonds is 2. The highest BCUT2D eigenvalue weighted by atomic mass is 79.9. The first-order valence-corrected chi connectivity index (χ1v) is 6.59. The lowest BCUT2D eigenvalue weighted by molar-refractivity contribution is 0.628. The summed E-state index contributed by atoms with van der Waals surface area (Å²) in [7, 11) is 0. The van der Waals surface area contributed by atoms with E-state index in [9.17, 15) is 4.39 Å². The lowest BCUT2D eigenvalue weighted by Crippen LogP contribution is -2.25. The SMILES string of the molecule is Br.Fc1ccc(C2=NNC(=NC3CC3)SC2)cc1. The summed E-state index contributed by atoms with van der Waals surface area (Å²) in [5.41, 5.74) is 4.85. The van der Waals surface area contributed by atoms with Crippen LogP contribution in [0.2, 0.25) is 0 Å². The molecule has 1 aromatic rings. The van der Waals surface area contributed by atoms with Crippen LogP contribution in [0.15, 0.2) is 34.4 Å². The molecule has 1 N–H and O–H groups in total. The number of amidine groups is 1. The largest absolute Gasteiger partial charge is 0.258 e. The van der Waals surface area contributed by atoms with Crippen molar-refractivity contribution in [1.82, 2.24) is 5.43 Å². The van der Waals surface area contributed by atoms with Crippen molar-refractivity contribution in [3.05, 3.63) is 35.6 Å². The monoisotopic (exact) mass is 329 g/mol. The normalized spacial score (nSPS) is 20.9. The molecule has 1 aliphatic carbocycles. The maximum Gasteiger partial charge on any atom is 0.177 e. The molecule has 96 valence electrons. The first-order chi connectivity index (χ1) is 8.31. The lowest BCUT2D eigenvalue weighted by atomic mass is 10.1. The molecule has 0 aromatic heterocycles. The van der Waals surface area contributed by atoms with Gasteiger partial charge in [0, 0.05) is 5.75 Å². The topological polar surface area (TPSA) is 36.8 Å². The van der Waals surface area contributed by atoms with Crippen molar-refractivity contribution in [2.45, 2.75) is 18.9 Å². The van der Waals surface area contributed by atoms with E-state index in [1.54, 1.807) is 23.9 Å². The molecule has 1 saturated carbocycles. The number of hydrogen-bond acceptors (Lipinski definition) is 3. The molecule has 3 rings (SSSR count). The van der Waals surface area contributed by atoms with Crippen LogP contribution in [0.4, 0.5) is 4.39 Å². The predicted octanol–water partition coefficient (Wildman–Crippen LogP) is 2.96. The van der Waals surface area contributed by atoms with E-state index in [0.29, 0.717) is 6.04 Å². The van der Waals surface area contributed by atoms with Gasteiger partial charge in [-0.15, -0.1) is 17.0 Å². The molecule has 1 aromatic carbocycles. The zero-order chi connectivity index (χ0) is 11.7. The van der Waals surface area contributed by atoms with Crippen molar-refractivity contribution in [2.75, 3.05) is 5.75 Å². The van der Waals surface area contributed by atoms with E-state index in [-0.39, 0.29) is 22.8 Å². The molecule has 0 amide bonds. The highest BCUT2D eigenvalue weighted by molar-refractivity contribution is 8.93. The fourth-order valence-corrected chi connectivity index (χ4v) is 2.38. The van der Waals surface area contributed by atoms with Gasteiger partial charge < -0.3 is 0 Å². The second-order valence-corrected chi connectivity index (χ2v) is 5.10. The molecule has 3 nitrogen and oxygen atoms in total. The van der Waals surface area contributed by atoms with Crippen molar-refractivity contribution in [2.24, 2.45) is 10.1 Å². The van der Waals surface area contributed by atoms with Crippen LogP contribution in [-0.4, -0.2) is 22.7 Å². The number of nitrogens with zero attached hydrogens (tertiary/aromatic N) is 2. The number of aliphatic imine (C=N–C) groups is 1. The van der Waals surface area contributed by atoms with Crippen molar-refractivity contribution in [1.29, 1.82) is 0 Å². The Morgan fingerprint density at radius 1 is 1.28 bits per heavy atom. The molecular formula is C12H13BrFN3S. The van der Waals surface area contributed by atoms with E-state index in [1.165, 1.54) is 25.0 Å². The summed E-state index contributed by atoms with van der Waals surface area (Å²) in [6.45, 7) is 0. The predicted molar refractivity (Wildman–Crippen MR) is 79.3 cm³/mol. The Hall–Kier alpha value is -0.880. The van der Waals surface area contributed by atoms with Crippen LogP contribution in [0.1, 0.15) is 18.4 Å². The molecule has 0 saturated heterocycles. The molecule has 1 aliphatic heterocycles. The summed E-state index contributed by atoms with van der Waals surface area (Å²) in [4.78, 5) is 4.49. The molecule has 2 aliphatic rings. The molecule has 0 radical (unpaired) electrons. The van der Waals surface area contributed by atoms with Crippen LogP contribution in [0.5, 0.6) is 0 Å². The van der Waals surface area contributed by atoms with Crippen LogP contribution in [0, 0.1) is 5.82 Å². The number of halogens is 2. The van der Waals surface area contributed by atoms with Gasteiger partial charge in [-0.05, 0) is 30.5 Å². The highest BCUT2D eigenvalue weighted by Crippen LogP contribution is 2.25. The fourth-order valence-electron chi connectivity index (χ4n) is 1.54. The highest BCUT2D eigenvalue weighted by Gasteiger charge is 2.22. The van der Waals surface area contributed by atoms with E-state index in [2.05, 4.69) is 15.5 Å². The summed E-state index contributed by atoms with van der Waals surface area (Å²) < 4.78 is 12.8. The molecule has 0 unspecified atom stereocenters. The van der Waals surface area contributed by atoms with E-state index in [1.807, 2.05) is 0 Å². The van der Waals surface area contributed by atoms with E-state index in [4.69, 9.17) is 0 Å². The quantitative estimate of drug-likeness (QED) is 0.905. The van der Waals surface area contributed by atoms with E-state index < -0.39 is 0 Å². The summed E-state index contributed by atoms with van der Waals surface area (Å²) >= 11 is 1.65. The van der Waals surface area contributed by atoms with Crippen LogP contribution in [0.3, 0.4) is 0 Å². The average Bonchev–Trinajstić information content (AvgIpc) is 3.15. The van der Waals surface area contributed by atoms with Crippen LogP contribution in [-0.2, 0) is 0 Å². The van der Waals surface area contributed by atoms with Crippen LogP contribution < -0.4 is 5.43 Å². The molecule has 0 spiro atoms. The first-order valence-electron chi connectivity index (χ1n) is 5.60. The third-order valence-electron chi connectivity index (χ3n) is 2.66. The number of thioether (sulfide) groups is 1. The molecule has 18 heavy (non-hydrogen) atoms. The third-order valence-corrected chi connectivity index (χ3v) is 3.54. The van der Waals surface area contributed by atoms with Gasteiger partial charge in [0.25, 0.3) is 0 Å². The standard InChI is InChI=1S/C12H12FN3S.BrH/c13-9-3-1-8(2-4-9)11-7-17-12(16-15-11)14-10-5-6-10;/h1-4,10H,5-7H2,(H,14,16);1H. The van der Waals surface area contributed by atoms with E-state index in [0.717, 1.165) is 22.2 Å². The number of hydrazone groups is 1. The Balaban J connectivity index is 0.00000120. The summed E-state index contributed by atoms with van der Waals surface area (Å²) in [6.07, 6.45) is 2.39. The van der Waals surface area contributed by atoms with Gasteiger partial charge in [0.05, 0.1) is 11.8 Å². The minimum Gasteiger partial charge on any atom is -0.258 e. The molecule has 0 atom stereocenters. The molecule has 0 bridgehead atoms. The Bertz CT molecular complexity index is 483. The van der Waals surface area contributed by atoms with Gasteiger partial charge in [-0.25, -0.2) is 4.39 Å². The zero-order valence-corrected chi connectivity index (χ0v) is 12.1. The zero-order valence-electron chi connectivity index (χ0n) is 9.60. The summed E-state index contributed by atoms with van der Waals surface area (Å²) in [5.74, 6) is 0.561. The summed E-state index contributed by atoms with van der Waals surface area (Å²) in [6, 6.07) is 6.92. The van der Waals surface area contributed by atoms with Crippen molar-refractivity contribution < 1.29 is 4.39 Å². The molecule has 1 heterocycles. The van der Waals surface area contributed by atoms with Gasteiger partial charge in [0.2, 0.25) is 0 Å². The first kappa shape index (κ1) is 13.5. The minimum atomic E-state index is -0.221. The maximum absolute atomic E-state index is 12.8. The molecular weight excluding hydrogens is 317 g/mol. The Morgan fingerprint density at radius 2 is 2.00 bits per heavy atom. The smallest absolute Gasteiger partial charge is 0.177 e. The van der Waals surface area contributed by atoms with Crippen LogP contribution in [0.25, 0.3) is 0 Å². The van der Waals surface area contributed by atoms with Gasteiger partial charge in [-0.3, -0.25) is 10.4 Å². The van der Waals surface area contributed by atoms with Crippen molar-refractivity contribution >= 4 is 39.6 Å². The lowest BCUT2D eigenvalue weighted by Gasteiger charge is -2.14. The molecule has 1 fully saturated rings. The Morgan fingerprint density at radius 3 is 2.56 bits per heavy atom. The fraction of sp³-hybridized carbons (Fsp3) is 0.333. The number of benzene rings is 1. The third kappa shape index (κ3) is 3.32. The van der Waals surface area contributed by atoms with Crippen molar-refractivity contribution in [3.63, 3.8) is 0 Å². The second kappa shape index (κ2) is 5.84. The molecule has 6 heteroatoms. The van der Waals surface area contributed by atoms with Gasteiger partial charge in [-0.1, -0.05) is 23.9 Å². The van der Waals surface area contributed by atoms with Crippen LogP contribution >= 0.6 is 28.7 Å². The van der Waals surface area contributed by atoms with Crippen molar-refractivity contribution in [3.8, 4) is 0 Å². The van der Waals surface area contributed by atoms with Gasteiger partial charge >= 0.3 is 0 Å². The number of nitrogens with one attached hydrogen (secondary N) is 1. The van der Waals surface area contributed by atoms with Gasteiger partial charge in [0.15, 0.2) is 5.17 Å². The average molecular weight is 330 g/mol. The number of hydrogen-bond donors (Lipinski definition) is 1. The Kier molecular flexibility index (Phi) is 4.40. The van der Waals surface area contributed by atoms with Gasteiger partial charge in [-0.2, -0.15) is 5.10 Å². The Labute approximate surface area is 120 Å². The van der Waals surface area contributed by atoms with Gasteiger partial charge in [0.1, 0.15) is 5.82 Å². The minimum absolute atomic E-state index is 0. The summed E-state index contributed by atoms with van der Waals surface area (Å²) in [5, 5.41) is 5.19. The maximum atomic E-state index is 12.8.